The van der Waals surface area contributed by atoms with Crippen LogP contribution in [0.15, 0.2) is 166 Å². The van der Waals surface area contributed by atoms with Crippen LogP contribution in [0.5, 0.6) is 0 Å². The van der Waals surface area contributed by atoms with E-state index in [-0.39, 0.29) is 6.04 Å². The van der Waals surface area contributed by atoms with Gasteiger partial charge in [0.15, 0.2) is 0 Å². The molecule has 0 aliphatic heterocycles. The van der Waals surface area contributed by atoms with Crippen molar-refractivity contribution in [3.63, 3.8) is 0 Å². The molecule has 0 saturated carbocycles. The molecule has 46 heavy (non-hydrogen) atoms. The summed E-state index contributed by atoms with van der Waals surface area (Å²) in [5, 5.41) is 10.9. The Morgan fingerprint density at radius 3 is 1.52 bits per heavy atom. The van der Waals surface area contributed by atoms with Gasteiger partial charge in [0, 0.05) is 23.9 Å². The molecule has 224 valence electrons. The third-order valence-electron chi connectivity index (χ3n) is 8.86. The van der Waals surface area contributed by atoms with Crippen LogP contribution in [0.25, 0.3) is 43.5 Å². The number of hydrogen-bond donors (Lipinski definition) is 0. The Hall–Kier alpha value is -4.65. The normalized spacial score (nSPS) is 12.4. The minimum atomic E-state index is -1.51. The molecule has 8 aromatic rings. The lowest BCUT2D eigenvalue weighted by molar-refractivity contribution is 0.613. The van der Waals surface area contributed by atoms with Crippen LogP contribution in [-0.2, 0) is 0 Å². The van der Waals surface area contributed by atoms with Crippen LogP contribution in [0.4, 0.5) is 0 Å². The Balaban J connectivity index is 1.33. The van der Waals surface area contributed by atoms with Gasteiger partial charge in [-0.25, -0.2) is 0 Å². The minimum absolute atomic E-state index is 0.0191. The summed E-state index contributed by atoms with van der Waals surface area (Å²) < 4.78 is 16.2. The van der Waals surface area contributed by atoms with Gasteiger partial charge in [-0.15, -0.1) is 0 Å². The van der Waals surface area contributed by atoms with E-state index < -0.39 is 16.1 Å². The molecule has 0 saturated heterocycles. The first-order valence-corrected chi connectivity index (χ1v) is 18.1. The van der Waals surface area contributed by atoms with Crippen LogP contribution in [0.3, 0.4) is 0 Å². The maximum absolute atomic E-state index is 6.94. The van der Waals surface area contributed by atoms with Crippen molar-refractivity contribution < 1.29 is 8.39 Å². The van der Waals surface area contributed by atoms with Crippen LogP contribution in [-0.4, -0.2) is 7.05 Å². The second-order valence-electron chi connectivity index (χ2n) is 11.6. The molecule has 0 aliphatic carbocycles. The molecule has 1 heterocycles. The zero-order valence-electron chi connectivity index (χ0n) is 25.7. The predicted octanol–water partition coefficient (Wildman–Crippen LogP) is 10.7. The summed E-state index contributed by atoms with van der Waals surface area (Å²) in [6.07, 6.45) is 0. The van der Waals surface area contributed by atoms with Crippen molar-refractivity contribution in [2.45, 2.75) is 13.0 Å². The zero-order chi connectivity index (χ0) is 31.0. The smallest absolute Gasteiger partial charge is 0.309 e. The van der Waals surface area contributed by atoms with E-state index in [1.54, 1.807) is 0 Å². The molecular weight excluding hydrogens is 600 g/mol. The lowest BCUT2D eigenvalue weighted by Crippen LogP contribution is -2.28. The third-order valence-corrected chi connectivity index (χ3v) is 12.9. The number of hydrogen-bond acceptors (Lipinski definition) is 3. The lowest BCUT2D eigenvalue weighted by atomic mass is 9.99. The highest BCUT2D eigenvalue weighted by molar-refractivity contribution is 7.79. The highest BCUT2D eigenvalue weighted by Crippen LogP contribution is 2.44. The average molecular weight is 634 g/mol. The molecule has 0 fully saturated rings. The van der Waals surface area contributed by atoms with Gasteiger partial charge in [0.2, 0.25) is 0 Å². The van der Waals surface area contributed by atoms with E-state index in [2.05, 4.69) is 176 Å². The van der Waals surface area contributed by atoms with Gasteiger partial charge in [0.25, 0.3) is 0 Å². The quantitative estimate of drug-likeness (QED) is 0.171. The number of benzene rings is 7. The highest BCUT2D eigenvalue weighted by atomic mass is 31.1. The van der Waals surface area contributed by atoms with Crippen LogP contribution in [0, 0.1) is 0 Å². The molecule has 0 N–H and O–H groups in total. The second-order valence-corrected chi connectivity index (χ2v) is 15.2. The summed E-state index contributed by atoms with van der Waals surface area (Å²) >= 11 is 0. The molecule has 3 nitrogen and oxygen atoms in total. The van der Waals surface area contributed by atoms with Crippen LogP contribution < -0.4 is 20.6 Å². The van der Waals surface area contributed by atoms with Crippen molar-refractivity contribution in [3.8, 4) is 0 Å². The van der Waals surface area contributed by atoms with E-state index >= 15 is 0 Å². The van der Waals surface area contributed by atoms with Crippen LogP contribution in [0.2, 0.25) is 0 Å². The average Bonchev–Trinajstić information content (AvgIpc) is 3.30. The summed E-state index contributed by atoms with van der Waals surface area (Å²) in [4.78, 5) is 0. The Morgan fingerprint density at radius 1 is 0.522 bits per heavy atom. The SMILES string of the molecule is C[C@@H](c1ccccc1P(c1ccccc1)c1ccccc1)N(C)p1oc2ccc3ccccc3c2c2c(ccc3ccccc32)o1. The number of fused-ring (bicyclic) bond motifs is 7. The molecule has 7 aromatic carbocycles. The highest BCUT2D eigenvalue weighted by Gasteiger charge is 2.26. The molecule has 0 bridgehead atoms. The van der Waals surface area contributed by atoms with Gasteiger partial charge < -0.3 is 8.39 Å². The summed E-state index contributed by atoms with van der Waals surface area (Å²) in [7, 11) is -0.146. The van der Waals surface area contributed by atoms with Gasteiger partial charge in [0.05, 0.1) is 0 Å². The van der Waals surface area contributed by atoms with Crippen molar-refractivity contribution in [3.05, 3.63) is 163 Å². The predicted molar refractivity (Wildman–Crippen MR) is 199 cm³/mol. The van der Waals surface area contributed by atoms with E-state index in [1.807, 2.05) is 0 Å². The molecule has 8 rings (SSSR count). The van der Waals surface area contributed by atoms with Gasteiger partial charge in [-0.3, -0.25) is 0 Å². The molecule has 0 amide bonds. The van der Waals surface area contributed by atoms with E-state index in [9.17, 15) is 0 Å². The molecule has 5 heteroatoms. The fraction of sp³-hybridized carbons (Fsp3) is 0.0732. The van der Waals surface area contributed by atoms with E-state index in [1.165, 1.54) is 32.2 Å². The molecule has 0 aliphatic rings. The molecule has 0 radical (unpaired) electrons. The van der Waals surface area contributed by atoms with Crippen LogP contribution >= 0.6 is 16.1 Å². The number of rotatable bonds is 6. The molecule has 1 atom stereocenters. The fourth-order valence-electron chi connectivity index (χ4n) is 6.46. The topological polar surface area (TPSA) is 29.5 Å². The fourth-order valence-corrected chi connectivity index (χ4v) is 10.3. The largest absolute Gasteiger partial charge is 0.408 e. The minimum Gasteiger partial charge on any atom is -0.408 e. The molecular formula is C41H33NO2P2. The first-order chi connectivity index (χ1) is 22.7. The summed E-state index contributed by atoms with van der Waals surface area (Å²) in [6.45, 7) is 2.27. The Kier molecular flexibility index (Phi) is 7.68. The van der Waals surface area contributed by atoms with Gasteiger partial charge in [0.1, 0.15) is 11.2 Å². The zero-order valence-corrected chi connectivity index (χ0v) is 27.5. The Labute approximate surface area is 271 Å². The van der Waals surface area contributed by atoms with E-state index in [4.69, 9.17) is 8.39 Å². The summed E-state index contributed by atoms with van der Waals surface area (Å²) in [5.74, 6) is 0. The second kappa shape index (κ2) is 12.3. The van der Waals surface area contributed by atoms with Crippen molar-refractivity contribution in [2.24, 2.45) is 0 Å². The standard InChI is InChI=1S/C41H33NO2P2/c1-29(34-21-13-14-24-39(34)45(32-17-5-3-6-18-32)33-19-7-4-8-20-33)42(2)46-43-37-27-25-30-15-9-11-22-35(30)40(37)41-36-23-12-10-16-31(36)26-28-38(41)44-46/h3-29H,1-2H3/t29-/m0/s1. The van der Waals surface area contributed by atoms with E-state index in [0.717, 1.165) is 32.7 Å². The van der Waals surface area contributed by atoms with Crippen molar-refractivity contribution in [1.29, 1.82) is 0 Å². The first-order valence-electron chi connectivity index (χ1n) is 15.6. The van der Waals surface area contributed by atoms with Crippen molar-refractivity contribution >= 4 is 75.5 Å². The van der Waals surface area contributed by atoms with Crippen molar-refractivity contribution in [1.82, 2.24) is 0 Å². The maximum Gasteiger partial charge on any atom is 0.309 e. The van der Waals surface area contributed by atoms with Gasteiger partial charge in [-0.05, 0) is 70.0 Å². The van der Waals surface area contributed by atoms with Gasteiger partial charge >= 0.3 is 8.16 Å². The maximum atomic E-state index is 6.94. The van der Waals surface area contributed by atoms with E-state index in [0.29, 0.717) is 0 Å². The summed E-state index contributed by atoms with van der Waals surface area (Å²) in [5.41, 5.74) is 2.98. The lowest BCUT2D eigenvalue weighted by Gasteiger charge is -2.28. The van der Waals surface area contributed by atoms with Gasteiger partial charge in [-0.2, -0.15) is 4.67 Å². The molecule has 0 spiro atoms. The summed E-state index contributed by atoms with van der Waals surface area (Å²) in [6, 6.07) is 56.3. The first kappa shape index (κ1) is 28.8. The Morgan fingerprint density at radius 2 is 0.978 bits per heavy atom. The Bertz CT molecular complexity index is 2230. The number of nitrogens with zero attached hydrogens (tertiary/aromatic N) is 1. The van der Waals surface area contributed by atoms with Crippen LogP contribution in [0.1, 0.15) is 18.5 Å². The molecule has 1 aromatic heterocycles. The van der Waals surface area contributed by atoms with Crippen molar-refractivity contribution in [2.75, 3.05) is 11.7 Å². The van der Waals surface area contributed by atoms with Gasteiger partial charge in [-0.1, -0.05) is 146 Å². The third kappa shape index (κ3) is 5.12. The monoisotopic (exact) mass is 633 g/mol. The molecule has 0 unspecified atom stereocenters.